The van der Waals surface area contributed by atoms with Gasteiger partial charge in [0.05, 0.1) is 12.4 Å². The standard InChI is InChI=1S/C13H20N4O4/c1-8-4-9(2-3-21-8)16-13(20)17-11(12(18)19)5-10-6-14-7-15-10/h6-9,11H,2-5H2,1H3,(H,14,15)(H,18,19)(H2,16,17,20). The fourth-order valence-corrected chi connectivity index (χ4v) is 2.33. The van der Waals surface area contributed by atoms with Crippen LogP contribution in [0, 0.1) is 0 Å². The van der Waals surface area contributed by atoms with Gasteiger partial charge in [-0.05, 0) is 19.8 Å². The van der Waals surface area contributed by atoms with Gasteiger partial charge in [0.15, 0.2) is 0 Å². The number of aromatic nitrogens is 2. The molecule has 0 aromatic carbocycles. The third-order valence-corrected chi connectivity index (χ3v) is 3.40. The molecule has 1 aliphatic rings. The van der Waals surface area contributed by atoms with Gasteiger partial charge in [0.25, 0.3) is 0 Å². The number of hydrogen-bond acceptors (Lipinski definition) is 4. The highest BCUT2D eigenvalue weighted by Gasteiger charge is 2.24. The summed E-state index contributed by atoms with van der Waals surface area (Å²) in [5.74, 6) is -1.08. The summed E-state index contributed by atoms with van der Waals surface area (Å²) in [5.41, 5.74) is 0.655. The maximum Gasteiger partial charge on any atom is 0.326 e. The van der Waals surface area contributed by atoms with Crippen LogP contribution in [0.2, 0.25) is 0 Å². The number of carboxylic acid groups (broad SMARTS) is 1. The van der Waals surface area contributed by atoms with Crippen LogP contribution in [0.25, 0.3) is 0 Å². The van der Waals surface area contributed by atoms with Crippen molar-refractivity contribution in [3.8, 4) is 0 Å². The zero-order valence-electron chi connectivity index (χ0n) is 11.8. The van der Waals surface area contributed by atoms with E-state index in [1.54, 1.807) is 0 Å². The Hall–Kier alpha value is -2.09. The topological polar surface area (TPSA) is 116 Å². The molecule has 1 saturated heterocycles. The Morgan fingerprint density at radius 1 is 1.62 bits per heavy atom. The molecule has 1 aromatic heterocycles. The number of carboxylic acids is 1. The Balaban J connectivity index is 1.84. The second kappa shape index (κ2) is 7.07. The summed E-state index contributed by atoms with van der Waals surface area (Å²) in [4.78, 5) is 29.8. The molecule has 2 rings (SSSR count). The van der Waals surface area contributed by atoms with E-state index in [2.05, 4.69) is 20.6 Å². The van der Waals surface area contributed by atoms with Crippen LogP contribution in [0.1, 0.15) is 25.5 Å². The SMILES string of the molecule is CC1CC(NC(=O)NC(Cc2cnc[nH]2)C(=O)O)CCO1. The van der Waals surface area contributed by atoms with Gasteiger partial charge in [-0.2, -0.15) is 0 Å². The van der Waals surface area contributed by atoms with Gasteiger partial charge >= 0.3 is 12.0 Å². The van der Waals surface area contributed by atoms with E-state index in [0.29, 0.717) is 12.3 Å². The molecule has 0 spiro atoms. The number of nitrogens with zero attached hydrogens (tertiary/aromatic N) is 1. The van der Waals surface area contributed by atoms with Crippen molar-refractivity contribution in [2.45, 2.75) is 44.4 Å². The number of ether oxygens (including phenoxy) is 1. The van der Waals surface area contributed by atoms with Crippen LogP contribution >= 0.6 is 0 Å². The first-order chi connectivity index (χ1) is 10.0. The third-order valence-electron chi connectivity index (χ3n) is 3.40. The van der Waals surface area contributed by atoms with E-state index >= 15 is 0 Å². The van der Waals surface area contributed by atoms with Gasteiger partial charge in [-0.1, -0.05) is 0 Å². The smallest absolute Gasteiger partial charge is 0.326 e. The van der Waals surface area contributed by atoms with E-state index in [1.165, 1.54) is 12.5 Å². The minimum atomic E-state index is -1.08. The zero-order chi connectivity index (χ0) is 15.2. The molecule has 8 nitrogen and oxygen atoms in total. The van der Waals surface area contributed by atoms with Crippen LogP contribution in [0.15, 0.2) is 12.5 Å². The van der Waals surface area contributed by atoms with E-state index in [1.807, 2.05) is 6.92 Å². The first kappa shape index (κ1) is 15.3. The molecule has 2 heterocycles. The van der Waals surface area contributed by atoms with Crippen molar-refractivity contribution in [3.63, 3.8) is 0 Å². The molecule has 0 bridgehead atoms. The first-order valence-electron chi connectivity index (χ1n) is 6.93. The summed E-state index contributed by atoms with van der Waals surface area (Å²) >= 11 is 0. The van der Waals surface area contributed by atoms with Crippen molar-refractivity contribution in [2.24, 2.45) is 0 Å². The number of hydrogen-bond donors (Lipinski definition) is 4. The lowest BCUT2D eigenvalue weighted by Crippen LogP contribution is -2.51. The maximum absolute atomic E-state index is 11.9. The Morgan fingerprint density at radius 2 is 2.43 bits per heavy atom. The molecule has 1 aromatic rings. The highest BCUT2D eigenvalue weighted by molar-refractivity contribution is 5.82. The summed E-state index contributed by atoms with van der Waals surface area (Å²) in [6.07, 6.45) is 4.73. The number of carbonyl (C=O) groups excluding carboxylic acids is 1. The van der Waals surface area contributed by atoms with Gasteiger partial charge in [0.1, 0.15) is 6.04 Å². The number of nitrogens with one attached hydrogen (secondary N) is 3. The molecule has 3 unspecified atom stereocenters. The molecule has 8 heteroatoms. The summed E-state index contributed by atoms with van der Waals surface area (Å²) in [6.45, 7) is 2.55. The van der Waals surface area contributed by atoms with Crippen LogP contribution in [0.4, 0.5) is 4.79 Å². The average Bonchev–Trinajstić information content (AvgIpc) is 2.90. The van der Waals surface area contributed by atoms with E-state index in [4.69, 9.17) is 4.74 Å². The number of rotatable bonds is 5. The molecule has 0 aliphatic carbocycles. The van der Waals surface area contributed by atoms with E-state index in [9.17, 15) is 14.7 Å². The number of H-pyrrole nitrogens is 1. The predicted molar refractivity (Wildman–Crippen MR) is 73.8 cm³/mol. The molecule has 21 heavy (non-hydrogen) atoms. The molecule has 116 valence electrons. The fourth-order valence-electron chi connectivity index (χ4n) is 2.33. The number of carbonyl (C=O) groups is 2. The molecule has 4 N–H and O–H groups in total. The van der Waals surface area contributed by atoms with Gasteiger partial charge in [-0.25, -0.2) is 14.6 Å². The quantitative estimate of drug-likeness (QED) is 0.622. The highest BCUT2D eigenvalue weighted by atomic mass is 16.5. The normalized spacial score (nSPS) is 23.3. The Kier molecular flexibility index (Phi) is 5.15. The highest BCUT2D eigenvalue weighted by Crippen LogP contribution is 2.12. The Labute approximate surface area is 122 Å². The van der Waals surface area contributed by atoms with E-state index in [0.717, 1.165) is 12.8 Å². The predicted octanol–water partition coefficient (Wildman–Crippen LogP) is 0.272. The summed E-state index contributed by atoms with van der Waals surface area (Å²) < 4.78 is 5.40. The van der Waals surface area contributed by atoms with Gasteiger partial charge in [0.2, 0.25) is 0 Å². The first-order valence-corrected chi connectivity index (χ1v) is 6.93. The van der Waals surface area contributed by atoms with Crippen LogP contribution < -0.4 is 10.6 Å². The van der Waals surface area contributed by atoms with Crippen LogP contribution in [0.5, 0.6) is 0 Å². The number of amides is 2. The number of aromatic amines is 1. The minimum absolute atomic E-state index is 0.00958. The fraction of sp³-hybridized carbons (Fsp3) is 0.615. The Morgan fingerprint density at radius 3 is 3.05 bits per heavy atom. The summed E-state index contributed by atoms with van der Waals surface area (Å²) in [5, 5.41) is 14.4. The number of aliphatic carboxylic acids is 1. The lowest BCUT2D eigenvalue weighted by molar-refractivity contribution is -0.139. The molecule has 0 saturated carbocycles. The van der Waals surface area contributed by atoms with Crippen molar-refractivity contribution < 1.29 is 19.4 Å². The van der Waals surface area contributed by atoms with Crippen molar-refractivity contribution in [1.82, 2.24) is 20.6 Å². The van der Waals surface area contributed by atoms with Crippen LogP contribution in [0.3, 0.4) is 0 Å². The van der Waals surface area contributed by atoms with Gasteiger partial charge in [0, 0.05) is 31.0 Å². The lowest BCUT2D eigenvalue weighted by atomic mass is 10.0. The molecule has 1 aliphatic heterocycles. The Bertz CT molecular complexity index is 477. The van der Waals surface area contributed by atoms with Gasteiger partial charge in [-0.15, -0.1) is 0 Å². The second-order valence-corrected chi connectivity index (χ2v) is 5.19. The molecular formula is C13H20N4O4. The largest absolute Gasteiger partial charge is 0.480 e. The number of urea groups is 1. The van der Waals surface area contributed by atoms with Crippen LogP contribution in [-0.4, -0.2) is 51.9 Å². The van der Waals surface area contributed by atoms with Gasteiger partial charge in [-0.3, -0.25) is 0 Å². The van der Waals surface area contributed by atoms with Gasteiger partial charge < -0.3 is 25.5 Å². The summed E-state index contributed by atoms with van der Waals surface area (Å²) in [6, 6.07) is -1.46. The molecule has 2 amide bonds. The molecule has 3 atom stereocenters. The second-order valence-electron chi connectivity index (χ2n) is 5.19. The van der Waals surface area contributed by atoms with E-state index in [-0.39, 0.29) is 18.6 Å². The van der Waals surface area contributed by atoms with Crippen molar-refractivity contribution >= 4 is 12.0 Å². The third kappa shape index (κ3) is 4.75. The lowest BCUT2D eigenvalue weighted by Gasteiger charge is -2.28. The molecule has 0 radical (unpaired) electrons. The van der Waals surface area contributed by atoms with Crippen molar-refractivity contribution in [1.29, 1.82) is 0 Å². The van der Waals surface area contributed by atoms with E-state index < -0.39 is 18.0 Å². The molecular weight excluding hydrogens is 276 g/mol. The van der Waals surface area contributed by atoms with Crippen molar-refractivity contribution in [3.05, 3.63) is 18.2 Å². The minimum Gasteiger partial charge on any atom is -0.480 e. The van der Waals surface area contributed by atoms with Crippen LogP contribution in [-0.2, 0) is 16.0 Å². The summed E-state index contributed by atoms with van der Waals surface area (Å²) in [7, 11) is 0. The zero-order valence-corrected chi connectivity index (χ0v) is 11.8. The monoisotopic (exact) mass is 296 g/mol. The average molecular weight is 296 g/mol. The van der Waals surface area contributed by atoms with Crippen molar-refractivity contribution in [2.75, 3.05) is 6.61 Å². The molecule has 1 fully saturated rings. The number of imidazole rings is 1. The maximum atomic E-state index is 11.9.